The van der Waals surface area contributed by atoms with Crippen LogP contribution in [-0.2, 0) is 14.4 Å². The van der Waals surface area contributed by atoms with E-state index in [4.69, 9.17) is 4.74 Å². The number of hydrogen-bond donors (Lipinski definition) is 1. The molecule has 8 heteroatoms. The number of ether oxygens (including phenoxy) is 1. The molecule has 0 aliphatic carbocycles. The molecule has 1 aromatic carbocycles. The highest BCUT2D eigenvalue weighted by atomic mass is 16.5. The Morgan fingerprint density at radius 1 is 1.26 bits per heavy atom. The van der Waals surface area contributed by atoms with Crippen molar-refractivity contribution in [3.63, 3.8) is 0 Å². The zero-order valence-electron chi connectivity index (χ0n) is 12.4. The number of carbonyl (C=O) groups excluding carboxylic acids is 4. The zero-order chi connectivity index (χ0) is 17.0. The third-order valence-electron chi connectivity index (χ3n) is 3.10. The Balaban J connectivity index is 2.05. The van der Waals surface area contributed by atoms with Crippen molar-refractivity contribution < 1.29 is 23.9 Å². The van der Waals surface area contributed by atoms with Crippen LogP contribution in [0.5, 0.6) is 5.75 Å². The van der Waals surface area contributed by atoms with E-state index < -0.39 is 30.3 Å². The van der Waals surface area contributed by atoms with E-state index in [-0.39, 0.29) is 6.54 Å². The van der Waals surface area contributed by atoms with Crippen LogP contribution in [0.15, 0.2) is 36.9 Å². The number of nitrogens with zero attached hydrogens (tertiary/aromatic N) is 2. The Morgan fingerprint density at radius 3 is 2.61 bits per heavy atom. The van der Waals surface area contributed by atoms with Gasteiger partial charge in [0.1, 0.15) is 12.3 Å². The maximum Gasteiger partial charge on any atom is 0.335 e. The smallest absolute Gasteiger partial charge is 0.335 e. The highest BCUT2D eigenvalue weighted by Crippen LogP contribution is 2.17. The van der Waals surface area contributed by atoms with Gasteiger partial charge < -0.3 is 10.1 Å². The second kappa shape index (κ2) is 6.73. The van der Waals surface area contributed by atoms with Crippen LogP contribution in [0.1, 0.15) is 0 Å². The number of imide groups is 2. The van der Waals surface area contributed by atoms with Gasteiger partial charge in [0.05, 0.1) is 7.11 Å². The quantitative estimate of drug-likeness (QED) is 0.471. The van der Waals surface area contributed by atoms with Crippen LogP contribution in [-0.4, -0.2) is 53.8 Å². The maximum atomic E-state index is 12.0. The van der Waals surface area contributed by atoms with Crippen molar-refractivity contribution in [2.45, 2.75) is 0 Å². The van der Waals surface area contributed by atoms with Crippen molar-refractivity contribution >= 4 is 29.4 Å². The summed E-state index contributed by atoms with van der Waals surface area (Å²) in [6.45, 7) is 2.78. The number of urea groups is 1. The summed E-state index contributed by atoms with van der Waals surface area (Å²) in [5, 5.41) is 2.53. The van der Waals surface area contributed by atoms with Gasteiger partial charge in [-0.25, -0.2) is 9.69 Å². The van der Waals surface area contributed by atoms with E-state index in [9.17, 15) is 19.2 Å². The minimum atomic E-state index is -1.03. The first-order valence-corrected chi connectivity index (χ1v) is 6.70. The molecule has 120 valence electrons. The molecule has 0 bridgehead atoms. The van der Waals surface area contributed by atoms with Crippen molar-refractivity contribution in [1.82, 2.24) is 9.80 Å². The van der Waals surface area contributed by atoms with E-state index in [0.717, 1.165) is 4.90 Å². The number of hydrogen-bond acceptors (Lipinski definition) is 5. The van der Waals surface area contributed by atoms with Gasteiger partial charge >= 0.3 is 17.8 Å². The lowest BCUT2D eigenvalue weighted by atomic mass is 10.3. The Hall–Kier alpha value is -3.16. The molecule has 0 radical (unpaired) electrons. The lowest BCUT2D eigenvalue weighted by Gasteiger charge is -2.14. The molecule has 1 fully saturated rings. The summed E-state index contributed by atoms with van der Waals surface area (Å²) < 4.78 is 5.03. The topological polar surface area (TPSA) is 96.0 Å². The molecule has 1 aliphatic rings. The number of rotatable bonds is 6. The van der Waals surface area contributed by atoms with Gasteiger partial charge in [-0.2, -0.15) is 0 Å². The van der Waals surface area contributed by atoms with Crippen molar-refractivity contribution in [3.8, 4) is 5.75 Å². The van der Waals surface area contributed by atoms with Gasteiger partial charge in [0.25, 0.3) is 0 Å². The zero-order valence-corrected chi connectivity index (χ0v) is 12.4. The minimum absolute atomic E-state index is 0.0859. The number of benzene rings is 1. The molecule has 2 rings (SSSR count). The van der Waals surface area contributed by atoms with Crippen LogP contribution in [0.25, 0.3) is 0 Å². The molecule has 23 heavy (non-hydrogen) atoms. The predicted octanol–water partition coefficient (Wildman–Crippen LogP) is 0.610. The van der Waals surface area contributed by atoms with E-state index >= 15 is 0 Å². The van der Waals surface area contributed by atoms with Gasteiger partial charge in [-0.05, 0) is 12.1 Å². The standard InChI is InChI=1S/C15H15N3O5/c1-3-7-17-13(20)14(21)18(15(17)22)9-12(19)16-10-5-4-6-11(8-10)23-2/h3-6,8H,1,7,9H2,2H3,(H,16,19). The fourth-order valence-corrected chi connectivity index (χ4v) is 2.02. The summed E-state index contributed by atoms with van der Waals surface area (Å²) in [4.78, 5) is 48.7. The summed E-state index contributed by atoms with van der Waals surface area (Å²) in [5.74, 6) is -2.06. The molecule has 5 amide bonds. The monoisotopic (exact) mass is 317 g/mol. The van der Waals surface area contributed by atoms with E-state index in [2.05, 4.69) is 11.9 Å². The van der Waals surface area contributed by atoms with E-state index in [1.165, 1.54) is 13.2 Å². The van der Waals surface area contributed by atoms with Crippen LogP contribution in [0.3, 0.4) is 0 Å². The Morgan fingerprint density at radius 2 is 1.96 bits per heavy atom. The number of nitrogens with one attached hydrogen (secondary N) is 1. The molecule has 0 spiro atoms. The lowest BCUT2D eigenvalue weighted by Crippen LogP contribution is -2.39. The Kier molecular flexibility index (Phi) is 4.75. The molecule has 1 N–H and O–H groups in total. The average Bonchev–Trinajstić information content (AvgIpc) is 2.73. The minimum Gasteiger partial charge on any atom is -0.497 e. The van der Waals surface area contributed by atoms with Crippen LogP contribution < -0.4 is 10.1 Å². The van der Waals surface area contributed by atoms with Gasteiger partial charge in [0, 0.05) is 18.3 Å². The molecular weight excluding hydrogens is 302 g/mol. The van der Waals surface area contributed by atoms with Crippen LogP contribution in [0.4, 0.5) is 10.5 Å². The Bertz CT molecular complexity index is 685. The highest BCUT2D eigenvalue weighted by Gasteiger charge is 2.44. The first-order valence-electron chi connectivity index (χ1n) is 6.70. The number of anilines is 1. The largest absolute Gasteiger partial charge is 0.497 e. The van der Waals surface area contributed by atoms with Crippen molar-refractivity contribution in [3.05, 3.63) is 36.9 Å². The molecule has 1 saturated heterocycles. The van der Waals surface area contributed by atoms with E-state index in [1.54, 1.807) is 24.3 Å². The number of carbonyl (C=O) groups is 4. The summed E-state index contributed by atoms with van der Waals surface area (Å²) in [6, 6.07) is 5.76. The second-order valence-corrected chi connectivity index (χ2v) is 4.66. The van der Waals surface area contributed by atoms with Crippen molar-refractivity contribution in [2.75, 3.05) is 25.5 Å². The first-order chi connectivity index (χ1) is 11.0. The highest BCUT2D eigenvalue weighted by molar-refractivity contribution is 6.45. The molecule has 1 aliphatic heterocycles. The molecule has 8 nitrogen and oxygen atoms in total. The predicted molar refractivity (Wildman–Crippen MR) is 80.6 cm³/mol. The molecular formula is C15H15N3O5. The van der Waals surface area contributed by atoms with Crippen molar-refractivity contribution in [1.29, 1.82) is 0 Å². The molecule has 1 heterocycles. The van der Waals surface area contributed by atoms with Gasteiger partial charge in [-0.3, -0.25) is 19.3 Å². The molecule has 0 aromatic heterocycles. The number of methoxy groups -OCH3 is 1. The summed E-state index contributed by atoms with van der Waals surface area (Å²) in [5.41, 5.74) is 0.447. The third kappa shape index (κ3) is 3.37. The summed E-state index contributed by atoms with van der Waals surface area (Å²) in [7, 11) is 1.49. The third-order valence-corrected chi connectivity index (χ3v) is 3.10. The van der Waals surface area contributed by atoms with Gasteiger partial charge in [-0.1, -0.05) is 12.1 Å². The fourth-order valence-electron chi connectivity index (χ4n) is 2.02. The molecule has 0 saturated carbocycles. The fraction of sp³-hybridized carbons (Fsp3) is 0.200. The first kappa shape index (κ1) is 16.2. The van der Waals surface area contributed by atoms with Gasteiger partial charge in [-0.15, -0.1) is 6.58 Å². The summed E-state index contributed by atoms with van der Waals surface area (Å²) >= 11 is 0. The second-order valence-electron chi connectivity index (χ2n) is 4.66. The van der Waals surface area contributed by atoms with E-state index in [1.807, 2.05) is 0 Å². The Labute approximate surface area is 132 Å². The van der Waals surface area contributed by atoms with Gasteiger partial charge in [0.2, 0.25) is 5.91 Å². The normalized spacial score (nSPS) is 14.2. The number of amides is 5. The molecule has 0 unspecified atom stereocenters. The van der Waals surface area contributed by atoms with Crippen LogP contribution in [0.2, 0.25) is 0 Å². The SMILES string of the molecule is C=CCN1C(=O)C(=O)N(CC(=O)Nc2cccc(OC)c2)C1=O. The molecule has 1 aromatic rings. The maximum absolute atomic E-state index is 12.0. The van der Waals surface area contributed by atoms with Crippen LogP contribution >= 0.6 is 0 Å². The van der Waals surface area contributed by atoms with E-state index in [0.29, 0.717) is 16.3 Å². The lowest BCUT2D eigenvalue weighted by molar-refractivity contribution is -0.143. The van der Waals surface area contributed by atoms with Gasteiger partial charge in [0.15, 0.2) is 0 Å². The average molecular weight is 317 g/mol. The molecule has 0 atom stereocenters. The summed E-state index contributed by atoms with van der Waals surface area (Å²) in [6.07, 6.45) is 1.32. The van der Waals surface area contributed by atoms with Crippen LogP contribution in [0, 0.1) is 0 Å². The van der Waals surface area contributed by atoms with Crippen molar-refractivity contribution in [2.24, 2.45) is 0 Å².